The monoisotopic (exact) mass is 273 g/mol. The van der Waals surface area contributed by atoms with Crippen LogP contribution in [0.3, 0.4) is 0 Å². The number of β-amino-alcohol motifs (C(OH)–C–C–N with tert-alkyl or cyclic N) is 1. The first kappa shape index (κ1) is 12.1. The summed E-state index contributed by atoms with van der Waals surface area (Å²) in [5.74, 6) is 1.69. The molecule has 2 unspecified atom stereocenters. The quantitative estimate of drug-likeness (QED) is 0.767. The van der Waals surface area contributed by atoms with E-state index in [2.05, 4.69) is 19.9 Å². The molecule has 3 heterocycles. The van der Waals surface area contributed by atoms with Crippen molar-refractivity contribution in [2.45, 2.75) is 25.5 Å². The number of nitrogens with zero attached hydrogens (tertiary/aromatic N) is 3. The Morgan fingerprint density at radius 3 is 3.00 bits per heavy atom. The van der Waals surface area contributed by atoms with Crippen molar-refractivity contribution in [3.05, 3.63) is 18.1 Å². The number of nitrogens with two attached hydrogens (primary N) is 1. The van der Waals surface area contributed by atoms with Crippen LogP contribution >= 0.6 is 0 Å². The molecular formula is C14H19N5O. The number of nitrogens with one attached hydrogen (secondary N) is 1. The van der Waals surface area contributed by atoms with Crippen LogP contribution in [0.15, 0.2) is 12.5 Å². The van der Waals surface area contributed by atoms with E-state index < -0.39 is 0 Å². The lowest BCUT2D eigenvalue weighted by molar-refractivity contribution is 0.132. The number of H-pyrrole nitrogens is 1. The number of aromatic nitrogens is 3. The van der Waals surface area contributed by atoms with Gasteiger partial charge in [0.05, 0.1) is 11.6 Å². The van der Waals surface area contributed by atoms with Gasteiger partial charge in [0.1, 0.15) is 11.8 Å². The fourth-order valence-electron chi connectivity index (χ4n) is 3.39. The second-order valence-electron chi connectivity index (χ2n) is 6.06. The van der Waals surface area contributed by atoms with Crippen LogP contribution in [0.5, 0.6) is 0 Å². The lowest BCUT2D eigenvalue weighted by Crippen LogP contribution is -2.21. The molecule has 0 spiro atoms. The number of aromatic amines is 1. The van der Waals surface area contributed by atoms with Crippen molar-refractivity contribution >= 4 is 16.9 Å². The third kappa shape index (κ3) is 1.96. The summed E-state index contributed by atoms with van der Waals surface area (Å²) in [6, 6.07) is 0. The summed E-state index contributed by atoms with van der Waals surface area (Å²) in [5.41, 5.74) is 8.65. The van der Waals surface area contributed by atoms with Gasteiger partial charge in [-0.25, -0.2) is 9.97 Å². The summed E-state index contributed by atoms with van der Waals surface area (Å²) in [7, 11) is 0. The maximum atomic E-state index is 10.2. The third-order valence-corrected chi connectivity index (χ3v) is 4.60. The second-order valence-corrected chi connectivity index (χ2v) is 6.06. The van der Waals surface area contributed by atoms with E-state index in [1.165, 1.54) is 19.2 Å². The number of aliphatic hydroxyl groups is 1. The first-order valence-electron chi connectivity index (χ1n) is 7.19. The van der Waals surface area contributed by atoms with Crippen molar-refractivity contribution in [3.8, 4) is 0 Å². The van der Waals surface area contributed by atoms with Gasteiger partial charge in [-0.2, -0.15) is 0 Å². The molecule has 1 aliphatic heterocycles. The van der Waals surface area contributed by atoms with E-state index in [0.717, 1.165) is 42.1 Å². The van der Waals surface area contributed by atoms with E-state index in [1.54, 1.807) is 0 Å². The third-order valence-electron chi connectivity index (χ3n) is 4.60. The molecule has 1 saturated heterocycles. The van der Waals surface area contributed by atoms with Gasteiger partial charge >= 0.3 is 0 Å². The number of likely N-dealkylation sites (tertiary alicyclic amines) is 1. The van der Waals surface area contributed by atoms with Gasteiger partial charge in [-0.3, -0.25) is 4.90 Å². The standard InChI is InChI=1S/C14H19N5O/c15-14-13-12(17-7-18-14)9(3-16-13)4-19-5-10(8-1-2-8)11(20)6-19/h3,7-8,10-11,16,20H,1-2,4-6H2,(H2,15,17,18). The van der Waals surface area contributed by atoms with Crippen LogP contribution in [0.2, 0.25) is 0 Å². The summed E-state index contributed by atoms with van der Waals surface area (Å²) in [6.07, 6.45) is 5.85. The molecule has 20 heavy (non-hydrogen) atoms. The first-order valence-corrected chi connectivity index (χ1v) is 7.19. The predicted octanol–water partition coefficient (Wildman–Crippen LogP) is 0.743. The maximum absolute atomic E-state index is 10.2. The zero-order chi connectivity index (χ0) is 13.7. The maximum Gasteiger partial charge on any atom is 0.151 e. The molecular weight excluding hydrogens is 254 g/mol. The van der Waals surface area contributed by atoms with Gasteiger partial charge in [0.2, 0.25) is 0 Å². The Labute approximate surface area is 117 Å². The lowest BCUT2D eigenvalue weighted by atomic mass is 10.0. The molecule has 4 N–H and O–H groups in total. The molecule has 0 aromatic carbocycles. The number of hydrogen-bond acceptors (Lipinski definition) is 5. The molecule has 0 amide bonds. The number of hydrogen-bond donors (Lipinski definition) is 3. The smallest absolute Gasteiger partial charge is 0.151 e. The van der Waals surface area contributed by atoms with Gasteiger partial charge in [-0.1, -0.05) is 0 Å². The number of nitrogen functional groups attached to an aromatic ring is 1. The summed E-state index contributed by atoms with van der Waals surface area (Å²) >= 11 is 0. The molecule has 2 aliphatic rings. The Morgan fingerprint density at radius 2 is 2.20 bits per heavy atom. The van der Waals surface area contributed by atoms with Crippen molar-refractivity contribution in [1.29, 1.82) is 0 Å². The van der Waals surface area contributed by atoms with Crippen LogP contribution in [-0.2, 0) is 6.54 Å². The van der Waals surface area contributed by atoms with E-state index in [9.17, 15) is 5.11 Å². The van der Waals surface area contributed by atoms with E-state index in [0.29, 0.717) is 11.7 Å². The lowest BCUT2D eigenvalue weighted by Gasteiger charge is -2.14. The highest BCUT2D eigenvalue weighted by molar-refractivity contribution is 5.86. The van der Waals surface area contributed by atoms with Crippen LogP contribution in [0.1, 0.15) is 18.4 Å². The largest absolute Gasteiger partial charge is 0.391 e. The summed E-state index contributed by atoms with van der Waals surface area (Å²) < 4.78 is 0. The Kier molecular flexibility index (Phi) is 2.68. The first-order chi connectivity index (χ1) is 9.72. The Balaban J connectivity index is 1.55. The average molecular weight is 273 g/mol. The molecule has 2 fully saturated rings. The Morgan fingerprint density at radius 1 is 1.35 bits per heavy atom. The van der Waals surface area contributed by atoms with Gasteiger partial charge in [0, 0.05) is 37.3 Å². The highest BCUT2D eigenvalue weighted by Crippen LogP contribution is 2.41. The van der Waals surface area contributed by atoms with Gasteiger partial charge < -0.3 is 15.8 Å². The highest BCUT2D eigenvalue weighted by Gasteiger charge is 2.41. The molecule has 4 rings (SSSR count). The minimum absolute atomic E-state index is 0.174. The normalized spacial score (nSPS) is 27.4. The minimum atomic E-state index is -0.174. The zero-order valence-corrected chi connectivity index (χ0v) is 11.3. The molecule has 6 heteroatoms. The van der Waals surface area contributed by atoms with Crippen molar-refractivity contribution in [1.82, 2.24) is 19.9 Å². The van der Waals surface area contributed by atoms with Crippen molar-refractivity contribution in [2.24, 2.45) is 11.8 Å². The molecule has 2 atom stereocenters. The number of rotatable bonds is 3. The van der Waals surface area contributed by atoms with Crippen molar-refractivity contribution in [2.75, 3.05) is 18.8 Å². The molecule has 1 saturated carbocycles. The number of fused-ring (bicyclic) bond motifs is 1. The van der Waals surface area contributed by atoms with Crippen LogP contribution in [0.4, 0.5) is 5.82 Å². The Hall–Kier alpha value is -1.66. The van der Waals surface area contributed by atoms with E-state index in [-0.39, 0.29) is 6.10 Å². The van der Waals surface area contributed by atoms with E-state index >= 15 is 0 Å². The van der Waals surface area contributed by atoms with Crippen LogP contribution in [0, 0.1) is 11.8 Å². The van der Waals surface area contributed by atoms with Gasteiger partial charge in [-0.15, -0.1) is 0 Å². The van der Waals surface area contributed by atoms with Crippen molar-refractivity contribution in [3.63, 3.8) is 0 Å². The van der Waals surface area contributed by atoms with Gasteiger partial charge in [-0.05, 0) is 18.8 Å². The van der Waals surface area contributed by atoms with E-state index in [1.807, 2.05) is 6.20 Å². The van der Waals surface area contributed by atoms with Crippen LogP contribution in [0.25, 0.3) is 11.0 Å². The second kappa shape index (κ2) is 4.43. The molecule has 2 aromatic heterocycles. The highest BCUT2D eigenvalue weighted by atomic mass is 16.3. The molecule has 1 aliphatic carbocycles. The number of anilines is 1. The summed E-state index contributed by atoms with van der Waals surface area (Å²) in [6.45, 7) is 2.55. The fraction of sp³-hybridized carbons (Fsp3) is 0.571. The summed E-state index contributed by atoms with van der Waals surface area (Å²) in [5, 5.41) is 10.2. The predicted molar refractivity (Wildman–Crippen MR) is 75.8 cm³/mol. The zero-order valence-electron chi connectivity index (χ0n) is 11.3. The van der Waals surface area contributed by atoms with Crippen LogP contribution < -0.4 is 5.73 Å². The van der Waals surface area contributed by atoms with Crippen molar-refractivity contribution < 1.29 is 5.11 Å². The van der Waals surface area contributed by atoms with Gasteiger partial charge in [0.25, 0.3) is 0 Å². The average Bonchev–Trinajstić information content (AvgIpc) is 3.09. The van der Waals surface area contributed by atoms with E-state index in [4.69, 9.17) is 5.73 Å². The fourth-order valence-corrected chi connectivity index (χ4v) is 3.39. The molecule has 0 radical (unpaired) electrons. The minimum Gasteiger partial charge on any atom is -0.391 e. The SMILES string of the molecule is Nc1ncnc2c(CN3CC(O)C(C4CC4)C3)c[nH]c12. The molecule has 6 nitrogen and oxygen atoms in total. The molecule has 2 aromatic rings. The summed E-state index contributed by atoms with van der Waals surface area (Å²) in [4.78, 5) is 13.8. The molecule has 0 bridgehead atoms. The van der Waals surface area contributed by atoms with Gasteiger partial charge in [0.15, 0.2) is 5.82 Å². The Bertz CT molecular complexity index is 636. The van der Waals surface area contributed by atoms with Crippen LogP contribution in [-0.4, -0.2) is 44.2 Å². The number of aliphatic hydroxyl groups excluding tert-OH is 1. The topological polar surface area (TPSA) is 91.1 Å². The molecule has 106 valence electrons.